The Balaban J connectivity index is 1.50. The molecule has 2 fully saturated rings. The van der Waals surface area contributed by atoms with Crippen LogP contribution in [-0.4, -0.2) is 61.7 Å². The van der Waals surface area contributed by atoms with Gasteiger partial charge in [0, 0.05) is 43.5 Å². The summed E-state index contributed by atoms with van der Waals surface area (Å²) in [7, 11) is 1.55. The van der Waals surface area contributed by atoms with Crippen molar-refractivity contribution in [3.8, 4) is 5.75 Å². The summed E-state index contributed by atoms with van der Waals surface area (Å²) in [5, 5.41) is 4.83. The number of hydrogen-bond acceptors (Lipinski definition) is 4. The van der Waals surface area contributed by atoms with Crippen LogP contribution in [0.3, 0.4) is 0 Å². The maximum Gasteiger partial charge on any atom is 0.416 e. The number of hydrogen-bond donors (Lipinski definition) is 2. The zero-order valence-corrected chi connectivity index (χ0v) is 23.0. The van der Waals surface area contributed by atoms with Gasteiger partial charge in [0.05, 0.1) is 24.3 Å². The number of carbonyl (C=O) groups excluding carboxylic acids is 1. The van der Waals surface area contributed by atoms with Gasteiger partial charge in [-0.3, -0.25) is 9.80 Å². The molecule has 41 heavy (non-hydrogen) atoms. The second-order valence-electron chi connectivity index (χ2n) is 10.6. The number of methoxy groups -OCH3 is 1. The van der Waals surface area contributed by atoms with Crippen molar-refractivity contribution in [2.45, 2.75) is 63.0 Å². The van der Waals surface area contributed by atoms with Crippen LogP contribution in [0.25, 0.3) is 0 Å². The fourth-order valence-corrected chi connectivity index (χ4v) is 5.85. The van der Waals surface area contributed by atoms with Gasteiger partial charge >= 0.3 is 18.4 Å². The SMILES string of the molecule is COc1ccccc1C(CNC(=O)Nc1cc(C(F)(F)F)cc(C(F)(F)F)c1)N1CCCN(C2CCCCC2)CC1. The minimum absolute atomic E-state index is 0.0245. The van der Waals surface area contributed by atoms with Gasteiger partial charge in [-0.2, -0.15) is 26.3 Å². The van der Waals surface area contributed by atoms with Crippen molar-refractivity contribution in [1.29, 1.82) is 0 Å². The molecule has 2 amide bonds. The molecule has 1 saturated heterocycles. The quantitative estimate of drug-likeness (QED) is 0.346. The molecule has 2 aromatic rings. The van der Waals surface area contributed by atoms with Crippen LogP contribution in [0.1, 0.15) is 61.3 Å². The highest BCUT2D eigenvalue weighted by Gasteiger charge is 2.37. The Morgan fingerprint density at radius 3 is 2.20 bits per heavy atom. The standard InChI is InChI=1S/C29H36F6N4O2/c1-41-26-11-6-5-10-24(26)25(39-13-7-12-38(14-15-39)23-8-3-2-4-9-23)19-36-27(40)37-22-17-20(28(30,31)32)16-21(18-22)29(33,34)35/h5-6,10-11,16-18,23,25H,2-4,7-9,12-15,19H2,1H3,(H2,36,37,40). The molecule has 1 aliphatic heterocycles. The molecule has 1 heterocycles. The molecule has 6 nitrogen and oxygen atoms in total. The lowest BCUT2D eigenvalue weighted by molar-refractivity contribution is -0.143. The lowest BCUT2D eigenvalue weighted by atomic mass is 9.94. The van der Waals surface area contributed by atoms with Gasteiger partial charge in [-0.1, -0.05) is 37.5 Å². The van der Waals surface area contributed by atoms with E-state index in [4.69, 9.17) is 4.74 Å². The second-order valence-corrected chi connectivity index (χ2v) is 10.6. The Hall–Kier alpha value is -2.99. The zero-order chi connectivity index (χ0) is 29.6. The lowest BCUT2D eigenvalue weighted by Crippen LogP contribution is -2.42. The van der Waals surface area contributed by atoms with E-state index in [1.165, 1.54) is 32.1 Å². The molecular weight excluding hydrogens is 550 g/mol. The summed E-state index contributed by atoms with van der Waals surface area (Å²) in [5.41, 5.74) is -2.76. The average Bonchev–Trinajstić information content (AvgIpc) is 3.19. The van der Waals surface area contributed by atoms with Crippen LogP contribution in [-0.2, 0) is 12.4 Å². The molecule has 1 aliphatic carbocycles. The smallest absolute Gasteiger partial charge is 0.416 e. The highest BCUT2D eigenvalue weighted by molar-refractivity contribution is 5.89. The first-order valence-electron chi connectivity index (χ1n) is 13.9. The first kappa shape index (κ1) is 31.0. The van der Waals surface area contributed by atoms with Crippen molar-refractivity contribution in [2.24, 2.45) is 0 Å². The second kappa shape index (κ2) is 13.3. The number of anilines is 1. The summed E-state index contributed by atoms with van der Waals surface area (Å²) in [6.45, 7) is 3.42. The molecule has 1 atom stereocenters. The van der Waals surface area contributed by atoms with E-state index in [0.29, 0.717) is 23.9 Å². The van der Waals surface area contributed by atoms with Crippen LogP contribution in [0.4, 0.5) is 36.8 Å². The van der Waals surface area contributed by atoms with Gasteiger partial charge in [-0.25, -0.2) is 4.79 Å². The third-order valence-electron chi connectivity index (χ3n) is 7.90. The van der Waals surface area contributed by atoms with Gasteiger partial charge < -0.3 is 15.4 Å². The van der Waals surface area contributed by atoms with Gasteiger partial charge in [0.1, 0.15) is 5.75 Å². The first-order valence-corrected chi connectivity index (χ1v) is 13.9. The molecule has 2 N–H and O–H groups in total. The molecule has 1 saturated carbocycles. The van der Waals surface area contributed by atoms with Crippen LogP contribution in [0, 0.1) is 0 Å². The fraction of sp³-hybridized carbons (Fsp3) is 0.552. The number of benzene rings is 2. The van der Waals surface area contributed by atoms with E-state index in [1.807, 2.05) is 24.3 Å². The van der Waals surface area contributed by atoms with Gasteiger partial charge in [-0.15, -0.1) is 0 Å². The molecular formula is C29H36F6N4O2. The fourth-order valence-electron chi connectivity index (χ4n) is 5.85. The van der Waals surface area contributed by atoms with Gasteiger partial charge in [-0.05, 0) is 50.1 Å². The first-order chi connectivity index (χ1) is 19.5. The molecule has 2 aliphatic rings. The number of amides is 2. The largest absolute Gasteiger partial charge is 0.496 e. The molecule has 12 heteroatoms. The minimum atomic E-state index is -5.01. The summed E-state index contributed by atoms with van der Waals surface area (Å²) in [4.78, 5) is 17.6. The van der Waals surface area contributed by atoms with E-state index in [2.05, 4.69) is 20.4 Å². The minimum Gasteiger partial charge on any atom is -0.496 e. The van der Waals surface area contributed by atoms with Gasteiger partial charge in [0.2, 0.25) is 0 Å². The van der Waals surface area contributed by atoms with Crippen LogP contribution in [0.5, 0.6) is 5.75 Å². The van der Waals surface area contributed by atoms with E-state index in [1.54, 1.807) is 7.11 Å². The maximum absolute atomic E-state index is 13.3. The predicted molar refractivity (Wildman–Crippen MR) is 144 cm³/mol. The van der Waals surface area contributed by atoms with Crippen molar-refractivity contribution < 1.29 is 35.9 Å². The topological polar surface area (TPSA) is 56.8 Å². The molecule has 0 bridgehead atoms. The van der Waals surface area contributed by atoms with E-state index in [0.717, 1.165) is 38.2 Å². The summed E-state index contributed by atoms with van der Waals surface area (Å²) >= 11 is 0. The molecule has 0 aromatic heterocycles. The summed E-state index contributed by atoms with van der Waals surface area (Å²) < 4.78 is 85.1. The number of halogens is 6. The summed E-state index contributed by atoms with van der Waals surface area (Å²) in [6.07, 6.45) is -2.94. The van der Waals surface area contributed by atoms with Crippen LogP contribution in [0.15, 0.2) is 42.5 Å². The molecule has 226 valence electrons. The number of urea groups is 1. The van der Waals surface area contributed by atoms with E-state index >= 15 is 0 Å². The number of alkyl halides is 6. The summed E-state index contributed by atoms with van der Waals surface area (Å²) in [5.74, 6) is 0.626. The molecule has 1 unspecified atom stereocenters. The van der Waals surface area contributed by atoms with Crippen molar-refractivity contribution >= 4 is 11.7 Å². The number of carbonyl (C=O) groups is 1. The molecule has 2 aromatic carbocycles. The van der Waals surface area contributed by atoms with E-state index in [-0.39, 0.29) is 18.7 Å². The number of ether oxygens (including phenoxy) is 1. The third kappa shape index (κ3) is 8.28. The number of nitrogens with one attached hydrogen (secondary N) is 2. The van der Waals surface area contributed by atoms with Crippen molar-refractivity contribution in [2.75, 3.05) is 45.2 Å². The van der Waals surface area contributed by atoms with Crippen molar-refractivity contribution in [3.05, 3.63) is 59.2 Å². The Bertz CT molecular complexity index is 1130. The van der Waals surface area contributed by atoms with Crippen molar-refractivity contribution in [1.82, 2.24) is 15.1 Å². The molecule has 0 spiro atoms. The van der Waals surface area contributed by atoms with Gasteiger partial charge in [0.25, 0.3) is 0 Å². The zero-order valence-electron chi connectivity index (χ0n) is 23.0. The third-order valence-corrected chi connectivity index (χ3v) is 7.90. The summed E-state index contributed by atoms with van der Waals surface area (Å²) in [6, 6.07) is 7.75. The van der Waals surface area contributed by atoms with Crippen molar-refractivity contribution in [3.63, 3.8) is 0 Å². The highest BCUT2D eigenvalue weighted by atomic mass is 19.4. The van der Waals surface area contributed by atoms with Crippen LogP contribution >= 0.6 is 0 Å². The van der Waals surface area contributed by atoms with Gasteiger partial charge in [0.15, 0.2) is 0 Å². The normalized spacial score (nSPS) is 18.9. The molecule has 0 radical (unpaired) electrons. The Morgan fingerprint density at radius 1 is 0.902 bits per heavy atom. The van der Waals surface area contributed by atoms with E-state index < -0.39 is 35.2 Å². The lowest BCUT2D eigenvalue weighted by Gasteiger charge is -2.34. The van der Waals surface area contributed by atoms with E-state index in [9.17, 15) is 31.1 Å². The molecule has 4 rings (SSSR count). The van der Waals surface area contributed by atoms with Crippen LogP contribution in [0.2, 0.25) is 0 Å². The Labute approximate surface area is 236 Å². The Morgan fingerprint density at radius 2 is 1.56 bits per heavy atom. The van der Waals surface area contributed by atoms with Crippen LogP contribution < -0.4 is 15.4 Å². The number of para-hydroxylation sites is 1. The average molecular weight is 587 g/mol. The maximum atomic E-state index is 13.3. The predicted octanol–water partition coefficient (Wildman–Crippen LogP) is 6.94. The monoisotopic (exact) mass is 586 g/mol. The number of nitrogens with zero attached hydrogens (tertiary/aromatic N) is 2. The highest BCUT2D eigenvalue weighted by Crippen LogP contribution is 2.37. The Kier molecular flexibility index (Phi) is 10.1. The number of rotatable bonds is 7.